The Bertz CT molecular complexity index is 734. The Hall–Kier alpha value is -1.57. The molecular weight excluding hydrogens is 364 g/mol. The number of rotatable bonds is 6. The molecule has 0 amide bonds. The van der Waals surface area contributed by atoms with E-state index >= 15 is 0 Å². The number of aliphatic hydroxyl groups excluding tert-OH is 4. The number of aliphatic hydroxyl groups is 4. The number of hydrogen-bond donors (Lipinski definition) is 4. The Morgan fingerprint density at radius 3 is 2.22 bits per heavy atom. The lowest BCUT2D eigenvalue weighted by molar-refractivity contribution is -0.0910. The van der Waals surface area contributed by atoms with Crippen LogP contribution in [0.15, 0.2) is 48.5 Å². The molecule has 2 aromatic rings. The average Bonchev–Trinajstić information content (AvgIpc) is 2.70. The SMILES string of the molecule is CCc1ccc(Cc2ccccc2O[C@@H]2S[C@H](CO)[C@@H](O)[C@H](O)[C@H]2O)cc1. The van der Waals surface area contributed by atoms with Crippen LogP contribution in [0, 0.1) is 0 Å². The van der Waals surface area contributed by atoms with Gasteiger partial charge in [-0.25, -0.2) is 0 Å². The summed E-state index contributed by atoms with van der Waals surface area (Å²) < 4.78 is 6.00. The molecule has 0 spiro atoms. The predicted molar refractivity (Wildman–Crippen MR) is 106 cm³/mol. The van der Waals surface area contributed by atoms with E-state index in [1.807, 2.05) is 24.3 Å². The van der Waals surface area contributed by atoms with E-state index in [2.05, 4.69) is 31.2 Å². The van der Waals surface area contributed by atoms with Crippen LogP contribution in [-0.4, -0.2) is 56.0 Å². The van der Waals surface area contributed by atoms with Gasteiger partial charge < -0.3 is 25.2 Å². The summed E-state index contributed by atoms with van der Waals surface area (Å²) in [6, 6.07) is 16.0. The third-order valence-corrected chi connectivity index (χ3v) is 6.31. The second-order valence-electron chi connectivity index (χ2n) is 6.77. The fourth-order valence-corrected chi connectivity index (χ4v) is 4.40. The smallest absolute Gasteiger partial charge is 0.173 e. The molecule has 1 saturated heterocycles. The second kappa shape index (κ2) is 9.08. The molecule has 1 heterocycles. The average molecular weight is 391 g/mol. The summed E-state index contributed by atoms with van der Waals surface area (Å²) >= 11 is 1.13. The van der Waals surface area contributed by atoms with E-state index in [1.54, 1.807) is 0 Å². The van der Waals surface area contributed by atoms with Crippen molar-refractivity contribution >= 4 is 11.8 Å². The van der Waals surface area contributed by atoms with Crippen molar-refractivity contribution in [3.8, 4) is 5.75 Å². The highest BCUT2D eigenvalue weighted by Crippen LogP contribution is 2.35. The summed E-state index contributed by atoms with van der Waals surface area (Å²) in [7, 11) is 0. The molecule has 5 atom stereocenters. The summed E-state index contributed by atoms with van der Waals surface area (Å²) in [5.41, 5.74) is 2.64. The molecule has 0 radical (unpaired) electrons. The van der Waals surface area contributed by atoms with Crippen molar-refractivity contribution in [3.63, 3.8) is 0 Å². The maximum Gasteiger partial charge on any atom is 0.173 e. The highest BCUT2D eigenvalue weighted by Gasteiger charge is 2.44. The largest absolute Gasteiger partial charge is 0.477 e. The predicted octanol–water partition coefficient (Wildman–Crippen LogP) is 1.74. The molecule has 5 nitrogen and oxygen atoms in total. The lowest BCUT2D eigenvalue weighted by atomic mass is 10.0. The zero-order chi connectivity index (χ0) is 19.4. The second-order valence-corrected chi connectivity index (χ2v) is 8.11. The Morgan fingerprint density at radius 2 is 1.56 bits per heavy atom. The number of aryl methyl sites for hydroxylation is 1. The van der Waals surface area contributed by atoms with Crippen LogP contribution in [0.3, 0.4) is 0 Å². The van der Waals surface area contributed by atoms with Gasteiger partial charge in [-0.15, -0.1) is 11.8 Å². The van der Waals surface area contributed by atoms with Crippen LogP contribution in [0.1, 0.15) is 23.6 Å². The summed E-state index contributed by atoms with van der Waals surface area (Å²) in [5, 5.41) is 39.1. The standard InChI is InChI=1S/C21H26O5S/c1-2-13-7-9-14(10-8-13)11-15-5-3-4-6-16(15)26-21-20(25)19(24)18(23)17(12-22)27-21/h3-10,17-25H,2,11-12H2,1H3/t17-,18-,19+,20-,21-/m1/s1. The third kappa shape index (κ3) is 4.65. The van der Waals surface area contributed by atoms with Gasteiger partial charge >= 0.3 is 0 Å². The molecular formula is C21H26O5S. The number of thioether (sulfide) groups is 1. The first-order valence-corrected chi connectivity index (χ1v) is 10.1. The number of para-hydroxylation sites is 1. The maximum absolute atomic E-state index is 10.3. The van der Waals surface area contributed by atoms with Crippen LogP contribution in [-0.2, 0) is 12.8 Å². The number of benzene rings is 2. The monoisotopic (exact) mass is 390 g/mol. The van der Waals surface area contributed by atoms with Crippen molar-refractivity contribution in [1.29, 1.82) is 0 Å². The molecule has 0 saturated carbocycles. The topological polar surface area (TPSA) is 90.2 Å². The van der Waals surface area contributed by atoms with Gasteiger partial charge in [-0.1, -0.05) is 49.4 Å². The van der Waals surface area contributed by atoms with Crippen LogP contribution >= 0.6 is 11.8 Å². The summed E-state index contributed by atoms with van der Waals surface area (Å²) in [6.07, 6.45) is -2.12. The van der Waals surface area contributed by atoms with Gasteiger partial charge in [0, 0.05) is 6.42 Å². The van der Waals surface area contributed by atoms with E-state index in [0.717, 1.165) is 29.3 Å². The van der Waals surface area contributed by atoms with Gasteiger partial charge in [0.05, 0.1) is 18.0 Å². The normalized spacial score (nSPS) is 28.1. The molecule has 27 heavy (non-hydrogen) atoms. The molecule has 4 N–H and O–H groups in total. The molecule has 0 bridgehead atoms. The van der Waals surface area contributed by atoms with E-state index in [9.17, 15) is 20.4 Å². The summed E-state index contributed by atoms with van der Waals surface area (Å²) in [6.45, 7) is 1.82. The van der Waals surface area contributed by atoms with Gasteiger partial charge in [-0.05, 0) is 29.2 Å². The van der Waals surface area contributed by atoms with E-state index in [1.165, 1.54) is 5.56 Å². The molecule has 2 aromatic carbocycles. The summed E-state index contributed by atoms with van der Waals surface area (Å²) in [5.74, 6) is 0.619. The Labute approximate surface area is 163 Å². The molecule has 146 valence electrons. The van der Waals surface area contributed by atoms with E-state index < -0.39 is 29.0 Å². The van der Waals surface area contributed by atoms with Crippen LogP contribution in [0.4, 0.5) is 0 Å². The van der Waals surface area contributed by atoms with Gasteiger partial charge in [-0.2, -0.15) is 0 Å². The van der Waals surface area contributed by atoms with Gasteiger partial charge in [0.25, 0.3) is 0 Å². The Balaban J connectivity index is 1.77. The van der Waals surface area contributed by atoms with Crippen molar-refractivity contribution in [1.82, 2.24) is 0 Å². The quantitative estimate of drug-likeness (QED) is 0.601. The first-order chi connectivity index (χ1) is 13.0. The van der Waals surface area contributed by atoms with Crippen LogP contribution in [0.25, 0.3) is 0 Å². The van der Waals surface area contributed by atoms with Crippen molar-refractivity contribution in [2.45, 2.75) is 48.8 Å². The first kappa shape index (κ1) is 20.2. The zero-order valence-electron chi connectivity index (χ0n) is 15.2. The zero-order valence-corrected chi connectivity index (χ0v) is 16.0. The number of hydrogen-bond acceptors (Lipinski definition) is 6. The molecule has 0 unspecified atom stereocenters. The molecule has 1 aliphatic rings. The minimum atomic E-state index is -1.36. The van der Waals surface area contributed by atoms with E-state index in [4.69, 9.17) is 4.74 Å². The highest BCUT2D eigenvalue weighted by atomic mass is 32.2. The van der Waals surface area contributed by atoms with Gasteiger partial charge in [0.2, 0.25) is 0 Å². The highest BCUT2D eigenvalue weighted by molar-refractivity contribution is 8.00. The van der Waals surface area contributed by atoms with Crippen LogP contribution < -0.4 is 4.74 Å². The van der Waals surface area contributed by atoms with Gasteiger partial charge in [0.15, 0.2) is 5.44 Å². The molecule has 0 aliphatic carbocycles. The van der Waals surface area contributed by atoms with Gasteiger partial charge in [0.1, 0.15) is 18.0 Å². The molecule has 3 rings (SSSR count). The fourth-order valence-electron chi connectivity index (χ4n) is 3.17. The molecule has 1 aliphatic heterocycles. The van der Waals surface area contributed by atoms with Crippen molar-refractivity contribution in [3.05, 3.63) is 65.2 Å². The van der Waals surface area contributed by atoms with Crippen LogP contribution in [0.2, 0.25) is 0 Å². The van der Waals surface area contributed by atoms with E-state index in [0.29, 0.717) is 12.2 Å². The molecule has 6 heteroatoms. The lowest BCUT2D eigenvalue weighted by Gasteiger charge is -2.39. The molecule has 0 aromatic heterocycles. The minimum Gasteiger partial charge on any atom is -0.477 e. The third-order valence-electron chi connectivity index (χ3n) is 4.89. The fraction of sp³-hybridized carbons (Fsp3) is 0.429. The number of ether oxygens (including phenoxy) is 1. The first-order valence-electron chi connectivity index (χ1n) is 9.16. The lowest BCUT2D eigenvalue weighted by Crippen LogP contribution is -2.55. The van der Waals surface area contributed by atoms with Crippen molar-refractivity contribution in [2.75, 3.05) is 6.61 Å². The van der Waals surface area contributed by atoms with Crippen molar-refractivity contribution < 1.29 is 25.2 Å². The minimum absolute atomic E-state index is 0.305. The summed E-state index contributed by atoms with van der Waals surface area (Å²) in [4.78, 5) is 0. The van der Waals surface area contributed by atoms with Gasteiger partial charge in [-0.3, -0.25) is 0 Å². The molecule has 1 fully saturated rings. The maximum atomic E-state index is 10.3. The Morgan fingerprint density at radius 1 is 0.889 bits per heavy atom. The van der Waals surface area contributed by atoms with Crippen LogP contribution in [0.5, 0.6) is 5.75 Å². The van der Waals surface area contributed by atoms with Crippen molar-refractivity contribution in [2.24, 2.45) is 0 Å². The Kier molecular flexibility index (Phi) is 6.78. The van der Waals surface area contributed by atoms with E-state index in [-0.39, 0.29) is 6.61 Å².